The van der Waals surface area contributed by atoms with E-state index in [2.05, 4.69) is 0 Å². The molecule has 0 saturated carbocycles. The fraction of sp³-hybridized carbons (Fsp3) is 0.857. The maximum atomic E-state index is 12.5. The zero-order valence-corrected chi connectivity index (χ0v) is 12.7. The molecule has 2 unspecified atom stereocenters. The second kappa shape index (κ2) is 8.09. The summed E-state index contributed by atoms with van der Waals surface area (Å²) in [6.45, 7) is 8.51. The number of piperidine rings is 1. The number of aliphatic carboxylic acids is 1. The lowest BCUT2D eigenvalue weighted by atomic mass is 9.92. The van der Waals surface area contributed by atoms with Crippen molar-refractivity contribution in [2.45, 2.75) is 39.7 Å². The molecular formula is C14H26N2O4. The van der Waals surface area contributed by atoms with Crippen molar-refractivity contribution < 1.29 is 19.4 Å². The number of carboxylic acid groups (broad SMARTS) is 1. The number of rotatable bonds is 6. The smallest absolute Gasteiger partial charge is 0.326 e. The predicted molar refractivity (Wildman–Crippen MR) is 75.7 cm³/mol. The highest BCUT2D eigenvalue weighted by molar-refractivity contribution is 5.83. The van der Waals surface area contributed by atoms with Gasteiger partial charge in [0.2, 0.25) is 0 Å². The van der Waals surface area contributed by atoms with Gasteiger partial charge in [0.25, 0.3) is 0 Å². The van der Waals surface area contributed by atoms with Crippen molar-refractivity contribution >= 4 is 12.0 Å². The molecule has 1 heterocycles. The van der Waals surface area contributed by atoms with Crippen molar-refractivity contribution in [2.24, 2.45) is 5.92 Å². The molecule has 0 aliphatic carbocycles. The first-order valence-electron chi connectivity index (χ1n) is 7.37. The van der Waals surface area contributed by atoms with E-state index in [9.17, 15) is 14.7 Å². The molecule has 0 bridgehead atoms. The average molecular weight is 286 g/mol. The zero-order valence-electron chi connectivity index (χ0n) is 12.7. The minimum atomic E-state index is -0.911. The first kappa shape index (κ1) is 16.8. The van der Waals surface area contributed by atoms with Crippen LogP contribution in [0.4, 0.5) is 4.79 Å². The van der Waals surface area contributed by atoms with Crippen molar-refractivity contribution in [1.29, 1.82) is 0 Å². The molecule has 0 radical (unpaired) electrons. The number of likely N-dealkylation sites (N-methyl/N-ethyl adjacent to an activating group) is 1. The van der Waals surface area contributed by atoms with E-state index in [0.29, 0.717) is 45.2 Å². The van der Waals surface area contributed by atoms with Gasteiger partial charge in [0.05, 0.1) is 6.61 Å². The Hall–Kier alpha value is -1.30. The van der Waals surface area contributed by atoms with Gasteiger partial charge >= 0.3 is 12.0 Å². The Bertz CT molecular complexity index is 335. The number of carbonyl (C=O) groups is 2. The minimum Gasteiger partial charge on any atom is -0.480 e. The number of carbonyl (C=O) groups excluding carboxylic acids is 1. The minimum absolute atomic E-state index is 0.188. The summed E-state index contributed by atoms with van der Waals surface area (Å²) in [6.07, 6.45) is 1.39. The summed E-state index contributed by atoms with van der Waals surface area (Å²) < 4.78 is 5.27. The topological polar surface area (TPSA) is 70.1 Å². The van der Waals surface area contributed by atoms with E-state index < -0.39 is 12.0 Å². The largest absolute Gasteiger partial charge is 0.480 e. The molecule has 2 amide bonds. The van der Waals surface area contributed by atoms with Crippen LogP contribution in [0, 0.1) is 5.92 Å². The molecule has 116 valence electrons. The highest BCUT2D eigenvalue weighted by Crippen LogP contribution is 2.23. The summed E-state index contributed by atoms with van der Waals surface area (Å²) in [6, 6.07) is -0.890. The Morgan fingerprint density at radius 2 is 2.10 bits per heavy atom. The molecule has 1 aliphatic heterocycles. The Balaban J connectivity index is 2.68. The molecule has 0 aromatic carbocycles. The van der Waals surface area contributed by atoms with E-state index >= 15 is 0 Å². The molecule has 20 heavy (non-hydrogen) atoms. The van der Waals surface area contributed by atoms with Crippen LogP contribution in [0.15, 0.2) is 0 Å². The number of ether oxygens (including phenoxy) is 1. The maximum Gasteiger partial charge on any atom is 0.326 e. The van der Waals surface area contributed by atoms with Crippen LogP contribution in [0.1, 0.15) is 33.6 Å². The Labute approximate surface area is 120 Å². The number of urea groups is 1. The summed E-state index contributed by atoms with van der Waals surface area (Å²) in [5, 5.41) is 9.31. The zero-order chi connectivity index (χ0) is 15.1. The van der Waals surface area contributed by atoms with E-state index in [1.807, 2.05) is 20.8 Å². The summed E-state index contributed by atoms with van der Waals surface area (Å²) in [4.78, 5) is 27.0. The van der Waals surface area contributed by atoms with Gasteiger partial charge in [-0.3, -0.25) is 0 Å². The molecule has 1 N–H and O–H groups in total. The van der Waals surface area contributed by atoms with Crippen molar-refractivity contribution in [3.05, 3.63) is 0 Å². The summed E-state index contributed by atoms with van der Waals surface area (Å²) in [5.41, 5.74) is 0. The Kier molecular flexibility index (Phi) is 6.78. The summed E-state index contributed by atoms with van der Waals surface area (Å²) in [5.74, 6) is -0.565. The monoisotopic (exact) mass is 286 g/mol. The van der Waals surface area contributed by atoms with E-state index in [-0.39, 0.29) is 6.03 Å². The van der Waals surface area contributed by atoms with Crippen LogP contribution in [0.2, 0.25) is 0 Å². The summed E-state index contributed by atoms with van der Waals surface area (Å²) >= 11 is 0. The van der Waals surface area contributed by atoms with Gasteiger partial charge < -0.3 is 19.6 Å². The SMILES string of the molecule is CCOCCN(CC)C(=O)N1CCC(C)CC1C(=O)O. The number of hydrogen-bond donors (Lipinski definition) is 1. The van der Waals surface area contributed by atoms with Crippen LogP contribution < -0.4 is 0 Å². The van der Waals surface area contributed by atoms with Gasteiger partial charge in [0.1, 0.15) is 6.04 Å². The van der Waals surface area contributed by atoms with Gasteiger partial charge in [-0.05, 0) is 32.6 Å². The molecular weight excluding hydrogens is 260 g/mol. The molecule has 6 nitrogen and oxygen atoms in total. The molecule has 1 fully saturated rings. The lowest BCUT2D eigenvalue weighted by molar-refractivity contribution is -0.144. The third kappa shape index (κ3) is 4.37. The van der Waals surface area contributed by atoms with Gasteiger partial charge in [-0.15, -0.1) is 0 Å². The van der Waals surface area contributed by atoms with Crippen LogP contribution in [0.5, 0.6) is 0 Å². The molecule has 1 saturated heterocycles. The maximum absolute atomic E-state index is 12.5. The normalized spacial score (nSPS) is 22.6. The average Bonchev–Trinajstić information content (AvgIpc) is 2.43. The molecule has 0 aromatic heterocycles. The van der Waals surface area contributed by atoms with Gasteiger partial charge in [0.15, 0.2) is 0 Å². The van der Waals surface area contributed by atoms with Gasteiger partial charge in [-0.1, -0.05) is 6.92 Å². The second-order valence-corrected chi connectivity index (χ2v) is 5.24. The van der Waals surface area contributed by atoms with Crippen molar-refractivity contribution in [2.75, 3.05) is 32.8 Å². The van der Waals surface area contributed by atoms with E-state index in [4.69, 9.17) is 4.74 Å². The van der Waals surface area contributed by atoms with E-state index in [1.54, 1.807) is 4.90 Å². The van der Waals surface area contributed by atoms with Crippen LogP contribution in [-0.4, -0.2) is 65.8 Å². The van der Waals surface area contributed by atoms with Gasteiger partial charge in [0, 0.05) is 26.2 Å². The van der Waals surface area contributed by atoms with Gasteiger partial charge in [-0.2, -0.15) is 0 Å². The summed E-state index contributed by atoms with van der Waals surface area (Å²) in [7, 11) is 0. The first-order chi connectivity index (χ1) is 9.51. The Morgan fingerprint density at radius 3 is 2.65 bits per heavy atom. The quantitative estimate of drug-likeness (QED) is 0.754. The molecule has 2 atom stereocenters. The third-order valence-electron chi connectivity index (χ3n) is 3.76. The number of nitrogens with zero attached hydrogens (tertiary/aromatic N) is 2. The molecule has 6 heteroatoms. The van der Waals surface area contributed by atoms with Crippen LogP contribution >= 0.6 is 0 Å². The predicted octanol–water partition coefficient (Wildman–Crippen LogP) is 1.65. The Morgan fingerprint density at radius 1 is 1.40 bits per heavy atom. The lowest BCUT2D eigenvalue weighted by Gasteiger charge is -2.38. The number of amides is 2. The van der Waals surface area contributed by atoms with Crippen molar-refractivity contribution in [1.82, 2.24) is 9.80 Å². The van der Waals surface area contributed by atoms with Crippen LogP contribution in [-0.2, 0) is 9.53 Å². The highest BCUT2D eigenvalue weighted by Gasteiger charge is 2.36. The fourth-order valence-corrected chi connectivity index (χ4v) is 2.49. The van der Waals surface area contributed by atoms with Crippen LogP contribution in [0.25, 0.3) is 0 Å². The van der Waals surface area contributed by atoms with E-state index in [1.165, 1.54) is 4.90 Å². The van der Waals surface area contributed by atoms with Gasteiger partial charge in [-0.25, -0.2) is 9.59 Å². The lowest BCUT2D eigenvalue weighted by Crippen LogP contribution is -2.54. The standard InChI is InChI=1S/C14H26N2O4/c1-4-15(8-9-20-5-2)14(19)16-7-6-11(3)10-12(16)13(17)18/h11-12H,4-10H2,1-3H3,(H,17,18). The van der Waals surface area contributed by atoms with Crippen molar-refractivity contribution in [3.8, 4) is 0 Å². The second-order valence-electron chi connectivity index (χ2n) is 5.24. The molecule has 0 spiro atoms. The molecule has 0 aromatic rings. The number of likely N-dealkylation sites (tertiary alicyclic amines) is 1. The highest BCUT2D eigenvalue weighted by atomic mass is 16.5. The first-order valence-corrected chi connectivity index (χ1v) is 7.37. The molecule has 1 aliphatic rings. The van der Waals surface area contributed by atoms with E-state index in [0.717, 1.165) is 6.42 Å². The fourth-order valence-electron chi connectivity index (χ4n) is 2.49. The molecule has 1 rings (SSSR count). The third-order valence-corrected chi connectivity index (χ3v) is 3.76. The number of hydrogen-bond acceptors (Lipinski definition) is 3. The van der Waals surface area contributed by atoms with Crippen molar-refractivity contribution in [3.63, 3.8) is 0 Å². The van der Waals surface area contributed by atoms with Crippen LogP contribution in [0.3, 0.4) is 0 Å². The number of carboxylic acids is 1.